The van der Waals surface area contributed by atoms with E-state index < -0.39 is 5.97 Å². The summed E-state index contributed by atoms with van der Waals surface area (Å²) in [5.74, 6) is -1.08. The van der Waals surface area contributed by atoms with Crippen molar-refractivity contribution in [1.82, 2.24) is 9.97 Å². The number of rotatable bonds is 4. The summed E-state index contributed by atoms with van der Waals surface area (Å²) in [5.41, 5.74) is 0.543. The molecule has 5 nitrogen and oxygen atoms in total. The lowest BCUT2D eigenvalue weighted by molar-refractivity contribution is 0.0690. The van der Waals surface area contributed by atoms with Crippen LogP contribution in [-0.2, 0) is 4.74 Å². The molecule has 0 bridgehead atoms. The maximum absolute atomic E-state index is 10.4. The summed E-state index contributed by atoms with van der Waals surface area (Å²) in [4.78, 5) is 18.0. The van der Waals surface area contributed by atoms with Crippen LogP contribution >= 0.6 is 0 Å². The standard InChI is InChI=1S/C9H10N2O3/c1-14-4-2-3-7-5-11-8(6-10-7)9(12)13/h2-3,5-6H,4H2,1H3,(H,12,13). The van der Waals surface area contributed by atoms with Gasteiger partial charge in [0.15, 0.2) is 5.69 Å². The van der Waals surface area contributed by atoms with E-state index in [4.69, 9.17) is 9.84 Å². The molecule has 5 heteroatoms. The highest BCUT2D eigenvalue weighted by atomic mass is 16.5. The Hall–Kier alpha value is -1.75. The Labute approximate surface area is 81.1 Å². The topological polar surface area (TPSA) is 72.3 Å². The zero-order chi connectivity index (χ0) is 10.4. The molecule has 0 fully saturated rings. The maximum atomic E-state index is 10.4. The van der Waals surface area contributed by atoms with Gasteiger partial charge in [-0.15, -0.1) is 0 Å². The zero-order valence-electron chi connectivity index (χ0n) is 7.67. The van der Waals surface area contributed by atoms with Gasteiger partial charge in [-0.1, -0.05) is 6.08 Å². The van der Waals surface area contributed by atoms with Crippen LogP contribution in [0.3, 0.4) is 0 Å². The van der Waals surface area contributed by atoms with Gasteiger partial charge in [-0.2, -0.15) is 0 Å². The van der Waals surface area contributed by atoms with Crippen LogP contribution in [0.25, 0.3) is 6.08 Å². The quantitative estimate of drug-likeness (QED) is 0.768. The van der Waals surface area contributed by atoms with Gasteiger partial charge in [0.1, 0.15) is 0 Å². The third kappa shape index (κ3) is 2.95. The molecule has 0 aromatic carbocycles. The minimum absolute atomic E-state index is 0.0612. The fourth-order valence-electron chi connectivity index (χ4n) is 0.800. The number of aromatic nitrogens is 2. The third-order valence-electron chi connectivity index (χ3n) is 1.44. The number of hydrogen-bond acceptors (Lipinski definition) is 4. The van der Waals surface area contributed by atoms with E-state index in [9.17, 15) is 4.79 Å². The van der Waals surface area contributed by atoms with E-state index in [2.05, 4.69) is 9.97 Å². The molecule has 1 N–H and O–H groups in total. The van der Waals surface area contributed by atoms with E-state index in [0.29, 0.717) is 12.3 Å². The summed E-state index contributed by atoms with van der Waals surface area (Å²) in [7, 11) is 1.59. The van der Waals surface area contributed by atoms with Gasteiger partial charge in [-0.3, -0.25) is 4.98 Å². The van der Waals surface area contributed by atoms with Crippen molar-refractivity contribution >= 4 is 12.0 Å². The van der Waals surface area contributed by atoms with Crippen molar-refractivity contribution in [2.45, 2.75) is 0 Å². The van der Waals surface area contributed by atoms with Crippen molar-refractivity contribution in [3.05, 3.63) is 29.9 Å². The molecule has 0 saturated carbocycles. The molecular formula is C9H10N2O3. The second-order valence-corrected chi connectivity index (χ2v) is 2.49. The molecule has 0 radical (unpaired) electrons. The largest absolute Gasteiger partial charge is 0.476 e. The van der Waals surface area contributed by atoms with Crippen LogP contribution in [0.1, 0.15) is 16.2 Å². The Morgan fingerprint density at radius 1 is 1.57 bits per heavy atom. The fourth-order valence-corrected chi connectivity index (χ4v) is 0.800. The molecule has 0 spiro atoms. The summed E-state index contributed by atoms with van der Waals surface area (Å²) in [5, 5.41) is 8.55. The lowest BCUT2D eigenvalue weighted by Crippen LogP contribution is -2.00. The molecule has 74 valence electrons. The molecule has 0 aliphatic carbocycles. The van der Waals surface area contributed by atoms with Gasteiger partial charge < -0.3 is 9.84 Å². The summed E-state index contributed by atoms with van der Waals surface area (Å²) in [6, 6.07) is 0. The Morgan fingerprint density at radius 2 is 2.36 bits per heavy atom. The van der Waals surface area contributed by atoms with Crippen molar-refractivity contribution in [3.63, 3.8) is 0 Å². The van der Waals surface area contributed by atoms with Gasteiger partial charge in [0, 0.05) is 7.11 Å². The van der Waals surface area contributed by atoms with Crippen LogP contribution in [0, 0.1) is 0 Å². The normalized spacial score (nSPS) is 10.6. The number of aromatic carboxylic acids is 1. The van der Waals surface area contributed by atoms with Gasteiger partial charge >= 0.3 is 5.97 Å². The molecule has 1 rings (SSSR count). The summed E-state index contributed by atoms with van der Waals surface area (Å²) >= 11 is 0. The lowest BCUT2D eigenvalue weighted by Gasteiger charge is -1.94. The first-order valence-corrected chi connectivity index (χ1v) is 3.95. The van der Waals surface area contributed by atoms with Crippen LogP contribution < -0.4 is 0 Å². The fraction of sp³-hybridized carbons (Fsp3) is 0.222. The Balaban J connectivity index is 2.68. The Bertz CT molecular complexity index is 332. The molecule has 0 aliphatic rings. The molecule has 0 unspecified atom stereocenters. The predicted molar refractivity (Wildman–Crippen MR) is 49.9 cm³/mol. The highest BCUT2D eigenvalue weighted by molar-refractivity contribution is 5.84. The van der Waals surface area contributed by atoms with E-state index in [1.807, 2.05) is 0 Å². The number of carboxylic acid groups (broad SMARTS) is 1. The van der Waals surface area contributed by atoms with Crippen molar-refractivity contribution in [1.29, 1.82) is 0 Å². The average molecular weight is 194 g/mol. The molecule has 1 heterocycles. The Kier molecular flexibility index (Phi) is 3.75. The van der Waals surface area contributed by atoms with Crippen molar-refractivity contribution < 1.29 is 14.6 Å². The van der Waals surface area contributed by atoms with Crippen LogP contribution in [0.15, 0.2) is 18.5 Å². The van der Waals surface area contributed by atoms with Crippen molar-refractivity contribution in [3.8, 4) is 0 Å². The molecular weight excluding hydrogens is 184 g/mol. The van der Waals surface area contributed by atoms with E-state index in [1.165, 1.54) is 12.4 Å². The monoisotopic (exact) mass is 194 g/mol. The number of hydrogen-bond donors (Lipinski definition) is 1. The third-order valence-corrected chi connectivity index (χ3v) is 1.44. The highest BCUT2D eigenvalue weighted by Crippen LogP contribution is 1.97. The second kappa shape index (κ2) is 5.08. The van der Waals surface area contributed by atoms with Crippen LogP contribution in [0.5, 0.6) is 0 Å². The first-order chi connectivity index (χ1) is 6.74. The van der Waals surface area contributed by atoms with Gasteiger partial charge in [0.05, 0.1) is 24.7 Å². The number of methoxy groups -OCH3 is 1. The second-order valence-electron chi connectivity index (χ2n) is 2.49. The average Bonchev–Trinajstić information content (AvgIpc) is 2.19. The molecule has 0 saturated heterocycles. The lowest BCUT2D eigenvalue weighted by atomic mass is 10.3. The summed E-state index contributed by atoms with van der Waals surface area (Å²) < 4.78 is 4.80. The van der Waals surface area contributed by atoms with Gasteiger partial charge in [0.25, 0.3) is 0 Å². The summed E-state index contributed by atoms with van der Waals surface area (Å²) in [6.07, 6.45) is 6.09. The maximum Gasteiger partial charge on any atom is 0.356 e. The highest BCUT2D eigenvalue weighted by Gasteiger charge is 2.02. The van der Waals surface area contributed by atoms with E-state index in [-0.39, 0.29) is 5.69 Å². The molecule has 1 aromatic rings. The number of ether oxygens (including phenoxy) is 1. The zero-order valence-corrected chi connectivity index (χ0v) is 7.67. The van der Waals surface area contributed by atoms with Crippen molar-refractivity contribution in [2.75, 3.05) is 13.7 Å². The van der Waals surface area contributed by atoms with Gasteiger partial charge in [-0.05, 0) is 6.08 Å². The first kappa shape index (κ1) is 10.3. The number of carboxylic acids is 1. The molecule has 1 aromatic heterocycles. The number of carbonyl (C=O) groups is 1. The van der Waals surface area contributed by atoms with E-state index >= 15 is 0 Å². The van der Waals surface area contributed by atoms with Crippen molar-refractivity contribution in [2.24, 2.45) is 0 Å². The van der Waals surface area contributed by atoms with Gasteiger partial charge in [0.2, 0.25) is 0 Å². The molecule has 0 aliphatic heterocycles. The minimum atomic E-state index is -1.08. The van der Waals surface area contributed by atoms with Crippen LogP contribution in [0.2, 0.25) is 0 Å². The van der Waals surface area contributed by atoms with Crippen LogP contribution in [0.4, 0.5) is 0 Å². The first-order valence-electron chi connectivity index (χ1n) is 3.95. The minimum Gasteiger partial charge on any atom is -0.476 e. The molecule has 0 atom stereocenters. The SMILES string of the molecule is COCC=Cc1cnc(C(=O)O)cn1. The Morgan fingerprint density at radius 3 is 2.86 bits per heavy atom. The van der Waals surface area contributed by atoms with E-state index in [1.54, 1.807) is 19.3 Å². The number of nitrogens with zero attached hydrogens (tertiary/aromatic N) is 2. The van der Waals surface area contributed by atoms with Gasteiger partial charge in [-0.25, -0.2) is 9.78 Å². The van der Waals surface area contributed by atoms with Crippen LogP contribution in [-0.4, -0.2) is 34.8 Å². The van der Waals surface area contributed by atoms with E-state index in [0.717, 1.165) is 0 Å². The molecule has 0 amide bonds. The predicted octanol–water partition coefficient (Wildman–Crippen LogP) is 0.834. The summed E-state index contributed by atoms with van der Waals surface area (Å²) in [6.45, 7) is 0.488. The molecule has 14 heavy (non-hydrogen) atoms. The smallest absolute Gasteiger partial charge is 0.356 e.